The summed E-state index contributed by atoms with van der Waals surface area (Å²) in [6.45, 7) is 5.12. The van der Waals surface area contributed by atoms with Gasteiger partial charge in [0.25, 0.3) is 0 Å². The Bertz CT molecular complexity index is 578. The third-order valence-corrected chi connectivity index (χ3v) is 3.22. The van der Waals surface area contributed by atoms with Gasteiger partial charge >= 0.3 is 0 Å². The lowest BCUT2D eigenvalue weighted by atomic mass is 10.1. The zero-order chi connectivity index (χ0) is 14.0. The van der Waals surface area contributed by atoms with Crippen LogP contribution in [0, 0.1) is 11.7 Å². The lowest BCUT2D eigenvalue weighted by molar-refractivity contribution is 0.488. The van der Waals surface area contributed by atoms with Crippen molar-refractivity contribution in [2.75, 3.05) is 5.73 Å². The first-order chi connectivity index (χ1) is 8.97. The summed E-state index contributed by atoms with van der Waals surface area (Å²) in [6.07, 6.45) is 2.81. The molecule has 0 atom stereocenters. The van der Waals surface area contributed by atoms with E-state index in [1.54, 1.807) is 12.3 Å². The lowest BCUT2D eigenvalue weighted by Crippen LogP contribution is -2.02. The van der Waals surface area contributed by atoms with E-state index in [9.17, 15) is 4.39 Å². The van der Waals surface area contributed by atoms with Crippen molar-refractivity contribution in [3.63, 3.8) is 0 Å². The van der Waals surface area contributed by atoms with Gasteiger partial charge in [-0.15, -0.1) is 0 Å². The Labute approximate surface area is 117 Å². The van der Waals surface area contributed by atoms with Crippen LogP contribution < -0.4 is 5.73 Å². The van der Waals surface area contributed by atoms with Crippen molar-refractivity contribution in [2.24, 2.45) is 5.92 Å². The molecule has 2 N–H and O–H groups in total. The average molecular weight is 282 g/mol. The number of nitrogen functional groups attached to an aromatic ring is 1. The molecule has 1 aromatic heterocycles. The summed E-state index contributed by atoms with van der Waals surface area (Å²) in [4.78, 5) is 0. The SMILES string of the molecule is CC(C)CCn1cc(N)c(-c2ccc(F)cc2Cl)n1. The summed E-state index contributed by atoms with van der Waals surface area (Å²) in [5, 5.41) is 4.75. The first-order valence-electron chi connectivity index (χ1n) is 6.25. The maximum Gasteiger partial charge on any atom is 0.124 e. The van der Waals surface area contributed by atoms with Gasteiger partial charge in [0.1, 0.15) is 11.5 Å². The van der Waals surface area contributed by atoms with Gasteiger partial charge in [-0.1, -0.05) is 25.4 Å². The quantitative estimate of drug-likeness (QED) is 0.921. The fourth-order valence-corrected chi connectivity index (χ4v) is 2.09. The van der Waals surface area contributed by atoms with Gasteiger partial charge in [-0.05, 0) is 30.5 Å². The number of benzene rings is 1. The van der Waals surface area contributed by atoms with Crippen molar-refractivity contribution < 1.29 is 4.39 Å². The Balaban J connectivity index is 2.29. The summed E-state index contributed by atoms with van der Waals surface area (Å²) in [7, 11) is 0. The molecule has 3 nitrogen and oxygen atoms in total. The Morgan fingerprint density at radius 1 is 1.42 bits per heavy atom. The Morgan fingerprint density at radius 2 is 2.16 bits per heavy atom. The summed E-state index contributed by atoms with van der Waals surface area (Å²) < 4.78 is 14.8. The molecule has 1 aromatic carbocycles. The van der Waals surface area contributed by atoms with Gasteiger partial charge in [0.05, 0.1) is 10.7 Å². The van der Waals surface area contributed by atoms with E-state index >= 15 is 0 Å². The predicted molar refractivity (Wildman–Crippen MR) is 76.5 cm³/mol. The molecule has 19 heavy (non-hydrogen) atoms. The molecule has 0 bridgehead atoms. The van der Waals surface area contributed by atoms with Gasteiger partial charge in [-0.3, -0.25) is 4.68 Å². The van der Waals surface area contributed by atoms with Crippen LogP contribution in [0.4, 0.5) is 10.1 Å². The van der Waals surface area contributed by atoms with Crippen molar-refractivity contribution in [3.8, 4) is 11.3 Å². The minimum atomic E-state index is -0.369. The van der Waals surface area contributed by atoms with Crippen LogP contribution in [-0.4, -0.2) is 9.78 Å². The maximum atomic E-state index is 13.0. The average Bonchev–Trinajstić information content (AvgIpc) is 2.68. The Kier molecular flexibility index (Phi) is 4.10. The number of hydrogen-bond acceptors (Lipinski definition) is 2. The predicted octanol–water partition coefficient (Wildman–Crippen LogP) is 3.97. The highest BCUT2D eigenvalue weighted by Crippen LogP contribution is 2.31. The molecular formula is C14H17ClFN3. The number of rotatable bonds is 4. The zero-order valence-corrected chi connectivity index (χ0v) is 11.8. The molecule has 5 heteroatoms. The summed E-state index contributed by atoms with van der Waals surface area (Å²) in [6, 6.07) is 4.22. The van der Waals surface area contributed by atoms with Crippen LogP contribution in [0.15, 0.2) is 24.4 Å². The van der Waals surface area contributed by atoms with Gasteiger partial charge < -0.3 is 5.73 Å². The summed E-state index contributed by atoms with van der Waals surface area (Å²) in [5.74, 6) is 0.231. The minimum absolute atomic E-state index is 0.320. The molecule has 0 saturated heterocycles. The van der Waals surface area contributed by atoms with E-state index in [0.717, 1.165) is 13.0 Å². The van der Waals surface area contributed by atoms with E-state index < -0.39 is 0 Å². The van der Waals surface area contributed by atoms with E-state index in [4.69, 9.17) is 17.3 Å². The molecule has 0 fully saturated rings. The highest BCUT2D eigenvalue weighted by atomic mass is 35.5. The molecule has 0 spiro atoms. The van der Waals surface area contributed by atoms with E-state index in [2.05, 4.69) is 18.9 Å². The molecule has 102 valence electrons. The standard InChI is InChI=1S/C14H17ClFN3/c1-9(2)5-6-19-8-13(17)14(18-19)11-4-3-10(16)7-12(11)15/h3-4,7-9H,5-6,17H2,1-2H3. The Hall–Kier alpha value is -1.55. The topological polar surface area (TPSA) is 43.8 Å². The van der Waals surface area contributed by atoms with Crippen LogP contribution in [0.5, 0.6) is 0 Å². The molecule has 2 rings (SSSR count). The Morgan fingerprint density at radius 3 is 2.79 bits per heavy atom. The lowest BCUT2D eigenvalue weighted by Gasteiger charge is -2.04. The minimum Gasteiger partial charge on any atom is -0.396 e. The summed E-state index contributed by atoms with van der Waals surface area (Å²) >= 11 is 6.03. The van der Waals surface area contributed by atoms with E-state index in [-0.39, 0.29) is 5.82 Å². The monoisotopic (exact) mass is 281 g/mol. The van der Waals surface area contributed by atoms with E-state index in [1.165, 1.54) is 12.1 Å². The number of anilines is 1. The molecule has 0 saturated carbocycles. The largest absolute Gasteiger partial charge is 0.396 e. The highest BCUT2D eigenvalue weighted by Gasteiger charge is 2.12. The van der Waals surface area contributed by atoms with Crippen molar-refractivity contribution in [3.05, 3.63) is 35.2 Å². The fraction of sp³-hybridized carbons (Fsp3) is 0.357. The zero-order valence-electron chi connectivity index (χ0n) is 11.0. The van der Waals surface area contributed by atoms with Gasteiger partial charge in [0.15, 0.2) is 0 Å². The molecule has 1 heterocycles. The van der Waals surface area contributed by atoms with Crippen LogP contribution in [0.1, 0.15) is 20.3 Å². The fourth-order valence-electron chi connectivity index (χ4n) is 1.83. The molecule has 0 aliphatic rings. The van der Waals surface area contributed by atoms with Crippen LogP contribution in [-0.2, 0) is 6.54 Å². The number of hydrogen-bond donors (Lipinski definition) is 1. The van der Waals surface area contributed by atoms with E-state index in [1.807, 2.05) is 4.68 Å². The number of aromatic nitrogens is 2. The normalized spacial score (nSPS) is 11.2. The van der Waals surface area contributed by atoms with Crippen LogP contribution >= 0.6 is 11.6 Å². The molecule has 0 aliphatic heterocycles. The van der Waals surface area contributed by atoms with Crippen molar-refractivity contribution in [1.29, 1.82) is 0 Å². The number of nitrogens with zero attached hydrogens (tertiary/aromatic N) is 2. The third-order valence-electron chi connectivity index (χ3n) is 2.91. The highest BCUT2D eigenvalue weighted by molar-refractivity contribution is 6.33. The number of halogens is 2. The first kappa shape index (κ1) is 13.9. The maximum absolute atomic E-state index is 13.0. The first-order valence-corrected chi connectivity index (χ1v) is 6.63. The van der Waals surface area contributed by atoms with Gasteiger partial charge in [-0.25, -0.2) is 4.39 Å². The molecule has 0 radical (unpaired) electrons. The van der Waals surface area contributed by atoms with Gasteiger partial charge in [-0.2, -0.15) is 5.10 Å². The van der Waals surface area contributed by atoms with E-state index in [0.29, 0.717) is 27.9 Å². The molecule has 0 aliphatic carbocycles. The van der Waals surface area contributed by atoms with Crippen molar-refractivity contribution >= 4 is 17.3 Å². The van der Waals surface area contributed by atoms with Crippen LogP contribution in [0.3, 0.4) is 0 Å². The second-order valence-electron chi connectivity index (χ2n) is 5.00. The van der Waals surface area contributed by atoms with Gasteiger partial charge in [0, 0.05) is 18.3 Å². The van der Waals surface area contributed by atoms with Crippen molar-refractivity contribution in [1.82, 2.24) is 9.78 Å². The molecule has 0 unspecified atom stereocenters. The molecular weight excluding hydrogens is 265 g/mol. The molecule has 0 amide bonds. The third kappa shape index (κ3) is 3.26. The second-order valence-corrected chi connectivity index (χ2v) is 5.41. The van der Waals surface area contributed by atoms with Crippen LogP contribution in [0.2, 0.25) is 5.02 Å². The second kappa shape index (κ2) is 5.61. The molecule has 2 aromatic rings. The van der Waals surface area contributed by atoms with Crippen LogP contribution in [0.25, 0.3) is 11.3 Å². The van der Waals surface area contributed by atoms with Gasteiger partial charge in [0.2, 0.25) is 0 Å². The number of nitrogens with two attached hydrogens (primary N) is 1. The smallest absolute Gasteiger partial charge is 0.124 e. The number of aryl methyl sites for hydroxylation is 1. The summed E-state index contributed by atoms with van der Waals surface area (Å²) in [5.41, 5.74) is 7.77. The van der Waals surface area contributed by atoms with Crippen molar-refractivity contribution in [2.45, 2.75) is 26.8 Å².